The van der Waals surface area contributed by atoms with Gasteiger partial charge in [-0.25, -0.2) is 0 Å². The van der Waals surface area contributed by atoms with E-state index in [0.717, 1.165) is 25.7 Å². The lowest BCUT2D eigenvalue weighted by Crippen LogP contribution is -2.12. The average molecular weight is 204 g/mol. The summed E-state index contributed by atoms with van der Waals surface area (Å²) < 4.78 is 10.2. The van der Waals surface area contributed by atoms with Crippen LogP contribution in [-0.4, -0.2) is 31.7 Å². The molecule has 0 saturated heterocycles. The van der Waals surface area contributed by atoms with Crippen LogP contribution in [0.15, 0.2) is 0 Å². The zero-order chi connectivity index (χ0) is 10.8. The summed E-state index contributed by atoms with van der Waals surface area (Å²) in [5.74, 6) is 0. The molecule has 0 radical (unpaired) electrons. The van der Waals surface area contributed by atoms with Gasteiger partial charge in [0.25, 0.3) is 0 Å². The molecule has 0 aliphatic heterocycles. The molecule has 0 aromatic carbocycles. The molecule has 0 aromatic rings. The fourth-order valence-electron chi connectivity index (χ4n) is 1.44. The van der Waals surface area contributed by atoms with Gasteiger partial charge in [-0.15, -0.1) is 0 Å². The first-order valence-electron chi connectivity index (χ1n) is 5.44. The first kappa shape index (κ1) is 13.9. The molecule has 0 amide bonds. The van der Waals surface area contributed by atoms with Crippen LogP contribution in [0.4, 0.5) is 0 Å². The van der Waals surface area contributed by atoms with Crippen LogP contribution in [0.5, 0.6) is 0 Å². The van der Waals surface area contributed by atoms with Gasteiger partial charge in [-0.3, -0.25) is 0 Å². The number of hydrogen-bond acceptors (Lipinski definition) is 3. The highest BCUT2D eigenvalue weighted by atomic mass is 16.7. The molecule has 1 unspecified atom stereocenters. The lowest BCUT2D eigenvalue weighted by molar-refractivity contribution is -0.107. The van der Waals surface area contributed by atoms with Crippen LogP contribution in [0.2, 0.25) is 0 Å². The minimum absolute atomic E-state index is 0.0493. The minimum atomic E-state index is -0.152. The molecular weight excluding hydrogens is 180 g/mol. The van der Waals surface area contributed by atoms with Crippen molar-refractivity contribution in [2.24, 2.45) is 0 Å². The highest BCUT2D eigenvalue weighted by Crippen LogP contribution is 2.10. The minimum Gasteiger partial charge on any atom is -0.393 e. The van der Waals surface area contributed by atoms with Gasteiger partial charge in [0.1, 0.15) is 0 Å². The van der Waals surface area contributed by atoms with E-state index in [1.165, 1.54) is 12.8 Å². The van der Waals surface area contributed by atoms with E-state index in [4.69, 9.17) is 14.6 Å². The third kappa shape index (κ3) is 8.48. The molecule has 86 valence electrons. The van der Waals surface area contributed by atoms with Crippen molar-refractivity contribution in [1.82, 2.24) is 0 Å². The highest BCUT2D eigenvalue weighted by Gasteiger charge is 2.03. The van der Waals surface area contributed by atoms with Gasteiger partial charge in [-0.1, -0.05) is 19.3 Å². The van der Waals surface area contributed by atoms with Crippen LogP contribution < -0.4 is 0 Å². The molecule has 1 N–H and O–H groups in total. The van der Waals surface area contributed by atoms with Crippen LogP contribution in [0.1, 0.15) is 45.4 Å². The Hall–Kier alpha value is -0.120. The Kier molecular flexibility index (Phi) is 9.35. The number of aliphatic hydroxyl groups is 1. The zero-order valence-electron chi connectivity index (χ0n) is 9.66. The summed E-state index contributed by atoms with van der Waals surface area (Å²) in [5.41, 5.74) is 0. The van der Waals surface area contributed by atoms with Crippen molar-refractivity contribution in [1.29, 1.82) is 0 Å². The largest absolute Gasteiger partial charge is 0.393 e. The van der Waals surface area contributed by atoms with E-state index in [0.29, 0.717) is 0 Å². The van der Waals surface area contributed by atoms with Gasteiger partial charge in [0, 0.05) is 14.2 Å². The smallest absolute Gasteiger partial charge is 0.156 e. The molecule has 0 bridgehead atoms. The topological polar surface area (TPSA) is 38.7 Å². The molecule has 0 fully saturated rings. The van der Waals surface area contributed by atoms with Gasteiger partial charge >= 0.3 is 0 Å². The number of hydrogen-bond donors (Lipinski definition) is 1. The summed E-state index contributed by atoms with van der Waals surface area (Å²) in [6.07, 6.45) is 6.29. The number of ether oxygens (including phenoxy) is 2. The Balaban J connectivity index is 3.12. The molecule has 0 spiro atoms. The fraction of sp³-hybridized carbons (Fsp3) is 1.00. The predicted octanol–water partition coefficient (Wildman–Crippen LogP) is 2.33. The molecule has 0 aliphatic rings. The molecule has 14 heavy (non-hydrogen) atoms. The Morgan fingerprint density at radius 3 is 1.86 bits per heavy atom. The lowest BCUT2D eigenvalue weighted by atomic mass is 10.1. The highest BCUT2D eigenvalue weighted by molar-refractivity contribution is 4.50. The van der Waals surface area contributed by atoms with E-state index in [1.54, 1.807) is 14.2 Å². The standard InChI is InChI=1S/C11H24O3/c1-10(12)8-6-4-5-7-9-11(13-2)14-3/h10-12H,4-9H2,1-3H3. The van der Waals surface area contributed by atoms with E-state index < -0.39 is 0 Å². The predicted molar refractivity (Wildman–Crippen MR) is 57.2 cm³/mol. The van der Waals surface area contributed by atoms with Crippen molar-refractivity contribution < 1.29 is 14.6 Å². The first-order chi connectivity index (χ1) is 6.70. The van der Waals surface area contributed by atoms with Crippen LogP contribution in [0.25, 0.3) is 0 Å². The number of rotatable bonds is 9. The van der Waals surface area contributed by atoms with Crippen molar-refractivity contribution in [3.63, 3.8) is 0 Å². The Morgan fingerprint density at radius 1 is 0.929 bits per heavy atom. The van der Waals surface area contributed by atoms with Crippen LogP contribution in [-0.2, 0) is 9.47 Å². The third-order valence-corrected chi connectivity index (χ3v) is 2.34. The monoisotopic (exact) mass is 204 g/mol. The summed E-state index contributed by atoms with van der Waals surface area (Å²) >= 11 is 0. The van der Waals surface area contributed by atoms with Gasteiger partial charge < -0.3 is 14.6 Å². The van der Waals surface area contributed by atoms with Crippen LogP contribution >= 0.6 is 0 Å². The van der Waals surface area contributed by atoms with E-state index in [1.807, 2.05) is 6.92 Å². The molecule has 0 aliphatic carbocycles. The summed E-state index contributed by atoms with van der Waals surface area (Å²) in [4.78, 5) is 0. The molecule has 3 heteroatoms. The van der Waals surface area contributed by atoms with Crippen molar-refractivity contribution in [3.05, 3.63) is 0 Å². The van der Waals surface area contributed by atoms with E-state index in [-0.39, 0.29) is 12.4 Å². The van der Waals surface area contributed by atoms with Crippen LogP contribution in [0.3, 0.4) is 0 Å². The maximum Gasteiger partial charge on any atom is 0.156 e. The van der Waals surface area contributed by atoms with Gasteiger partial charge in [0.2, 0.25) is 0 Å². The number of methoxy groups -OCH3 is 2. The zero-order valence-corrected chi connectivity index (χ0v) is 9.66. The second-order valence-electron chi connectivity index (χ2n) is 3.74. The summed E-state index contributed by atoms with van der Waals surface area (Å²) in [7, 11) is 3.34. The second kappa shape index (κ2) is 9.44. The molecule has 0 aromatic heterocycles. The average Bonchev–Trinajstić information content (AvgIpc) is 2.16. The number of unbranched alkanes of at least 4 members (excludes halogenated alkanes) is 3. The van der Waals surface area contributed by atoms with Gasteiger partial charge in [0.15, 0.2) is 6.29 Å². The van der Waals surface area contributed by atoms with Gasteiger partial charge in [-0.2, -0.15) is 0 Å². The van der Waals surface area contributed by atoms with E-state index in [2.05, 4.69) is 0 Å². The normalized spacial score (nSPS) is 13.5. The van der Waals surface area contributed by atoms with E-state index in [9.17, 15) is 0 Å². The Labute approximate surface area is 87.4 Å². The number of aliphatic hydroxyl groups excluding tert-OH is 1. The maximum atomic E-state index is 9.03. The molecule has 0 heterocycles. The second-order valence-corrected chi connectivity index (χ2v) is 3.74. The SMILES string of the molecule is COC(CCCCCCC(C)O)OC. The summed E-state index contributed by atoms with van der Waals surface area (Å²) in [6.45, 7) is 1.84. The fourth-order valence-corrected chi connectivity index (χ4v) is 1.44. The maximum absolute atomic E-state index is 9.03. The van der Waals surface area contributed by atoms with Crippen molar-refractivity contribution in [2.45, 2.75) is 57.8 Å². The molecular formula is C11H24O3. The summed E-state index contributed by atoms with van der Waals surface area (Å²) in [5, 5.41) is 9.03. The van der Waals surface area contributed by atoms with Crippen molar-refractivity contribution in [2.75, 3.05) is 14.2 Å². The quantitative estimate of drug-likeness (QED) is 0.463. The van der Waals surface area contributed by atoms with E-state index >= 15 is 0 Å². The molecule has 0 saturated carbocycles. The van der Waals surface area contributed by atoms with Gasteiger partial charge in [0.05, 0.1) is 6.10 Å². The van der Waals surface area contributed by atoms with Gasteiger partial charge in [-0.05, 0) is 26.2 Å². The Morgan fingerprint density at radius 2 is 1.43 bits per heavy atom. The van der Waals surface area contributed by atoms with Crippen molar-refractivity contribution >= 4 is 0 Å². The molecule has 1 atom stereocenters. The van der Waals surface area contributed by atoms with Crippen LogP contribution in [0, 0.1) is 0 Å². The lowest BCUT2D eigenvalue weighted by Gasteiger charge is -2.12. The third-order valence-electron chi connectivity index (χ3n) is 2.34. The molecule has 0 rings (SSSR count). The molecule has 3 nitrogen and oxygen atoms in total. The Bertz CT molecular complexity index is 111. The summed E-state index contributed by atoms with van der Waals surface area (Å²) in [6, 6.07) is 0. The van der Waals surface area contributed by atoms with Crippen molar-refractivity contribution in [3.8, 4) is 0 Å². The first-order valence-corrected chi connectivity index (χ1v) is 5.44.